The molecule has 2 aliphatic heterocycles. The third kappa shape index (κ3) is 2.29. The summed E-state index contributed by atoms with van der Waals surface area (Å²) in [5.41, 5.74) is 0.966. The van der Waals surface area contributed by atoms with Crippen LogP contribution in [0.1, 0.15) is 37.8 Å². The van der Waals surface area contributed by atoms with Crippen molar-refractivity contribution in [2.24, 2.45) is 5.92 Å². The fraction of sp³-hybridized carbons (Fsp3) is 0.533. The van der Waals surface area contributed by atoms with E-state index >= 15 is 0 Å². The van der Waals surface area contributed by atoms with E-state index in [2.05, 4.69) is 4.90 Å². The number of carboxylic acid groups (broad SMARTS) is 1. The van der Waals surface area contributed by atoms with Crippen molar-refractivity contribution in [1.29, 1.82) is 0 Å². The molecule has 0 saturated carbocycles. The average Bonchev–Trinajstić information content (AvgIpc) is 3.04. The summed E-state index contributed by atoms with van der Waals surface area (Å²) in [6.07, 6.45) is 2.62. The minimum atomic E-state index is -0.724. The van der Waals surface area contributed by atoms with Crippen molar-refractivity contribution in [2.45, 2.75) is 44.3 Å². The van der Waals surface area contributed by atoms with Gasteiger partial charge in [-0.3, -0.25) is 19.8 Å². The van der Waals surface area contributed by atoms with Gasteiger partial charge in [-0.05, 0) is 31.7 Å². The number of carbonyl (C=O) groups is 1. The third-order valence-corrected chi connectivity index (χ3v) is 4.92. The lowest BCUT2D eigenvalue weighted by atomic mass is 9.89. The van der Waals surface area contributed by atoms with E-state index in [1.54, 1.807) is 12.1 Å². The van der Waals surface area contributed by atoms with E-state index in [-0.39, 0.29) is 29.7 Å². The number of nitro benzene ring substituents is 1. The lowest BCUT2D eigenvalue weighted by molar-refractivity contribution is -0.385. The van der Waals surface area contributed by atoms with E-state index in [9.17, 15) is 20.0 Å². The first kappa shape index (κ1) is 14.0. The molecule has 112 valence electrons. The van der Waals surface area contributed by atoms with Gasteiger partial charge >= 0.3 is 5.97 Å². The Kier molecular flexibility index (Phi) is 3.41. The van der Waals surface area contributed by atoms with Gasteiger partial charge in [0.15, 0.2) is 0 Å². The molecule has 0 aliphatic carbocycles. The molecule has 6 heteroatoms. The Bertz CT molecular complexity index is 589. The summed E-state index contributed by atoms with van der Waals surface area (Å²) in [7, 11) is 0. The SMILES string of the molecule is CC(c1cccc([N+](=O)[O-])c1)N1C2CCC1C(C(=O)O)C2. The van der Waals surface area contributed by atoms with Gasteiger partial charge in [0, 0.05) is 30.3 Å². The van der Waals surface area contributed by atoms with E-state index in [1.165, 1.54) is 6.07 Å². The normalized spacial score (nSPS) is 29.5. The molecule has 0 amide bonds. The van der Waals surface area contributed by atoms with Crippen LogP contribution in [0.2, 0.25) is 0 Å². The van der Waals surface area contributed by atoms with Gasteiger partial charge in [-0.15, -0.1) is 0 Å². The fourth-order valence-corrected chi connectivity index (χ4v) is 3.97. The van der Waals surface area contributed by atoms with Crippen LogP contribution in [0, 0.1) is 16.0 Å². The minimum absolute atomic E-state index is 0.00625. The number of carboxylic acids is 1. The van der Waals surface area contributed by atoms with Crippen LogP contribution in [0.4, 0.5) is 5.69 Å². The highest BCUT2D eigenvalue weighted by atomic mass is 16.6. The van der Waals surface area contributed by atoms with Crippen LogP contribution in [0.25, 0.3) is 0 Å². The highest BCUT2D eigenvalue weighted by Crippen LogP contribution is 2.46. The van der Waals surface area contributed by atoms with E-state index in [4.69, 9.17) is 0 Å². The molecule has 2 fully saturated rings. The van der Waals surface area contributed by atoms with Gasteiger partial charge in [-0.25, -0.2) is 0 Å². The second-order valence-electron chi connectivity index (χ2n) is 5.95. The number of hydrogen-bond acceptors (Lipinski definition) is 4. The van der Waals surface area contributed by atoms with Crippen molar-refractivity contribution in [3.8, 4) is 0 Å². The van der Waals surface area contributed by atoms with Gasteiger partial charge in [-0.1, -0.05) is 12.1 Å². The van der Waals surface area contributed by atoms with Gasteiger partial charge < -0.3 is 5.11 Å². The number of fused-ring (bicyclic) bond motifs is 2. The molecule has 1 N–H and O–H groups in total. The summed E-state index contributed by atoms with van der Waals surface area (Å²) in [6.45, 7) is 2.01. The van der Waals surface area contributed by atoms with E-state index in [0.717, 1.165) is 18.4 Å². The second kappa shape index (κ2) is 5.11. The number of rotatable bonds is 4. The molecule has 4 unspecified atom stereocenters. The Morgan fingerprint density at radius 1 is 1.48 bits per heavy atom. The number of nitro groups is 1. The predicted octanol–water partition coefficient (Wildman–Crippen LogP) is 2.59. The Hall–Kier alpha value is -1.95. The summed E-state index contributed by atoms with van der Waals surface area (Å²) >= 11 is 0. The first-order valence-corrected chi connectivity index (χ1v) is 7.23. The number of nitrogens with zero attached hydrogens (tertiary/aromatic N) is 2. The smallest absolute Gasteiger partial charge is 0.308 e. The zero-order valence-corrected chi connectivity index (χ0v) is 11.8. The lowest BCUT2D eigenvalue weighted by Crippen LogP contribution is -2.35. The van der Waals surface area contributed by atoms with Gasteiger partial charge in [0.05, 0.1) is 10.8 Å². The molecule has 21 heavy (non-hydrogen) atoms. The zero-order valence-electron chi connectivity index (χ0n) is 11.8. The summed E-state index contributed by atoms with van der Waals surface area (Å²) in [5.74, 6) is -1.02. The van der Waals surface area contributed by atoms with Crippen molar-refractivity contribution < 1.29 is 14.8 Å². The molecule has 1 aromatic carbocycles. The number of non-ortho nitro benzene ring substituents is 1. The fourth-order valence-electron chi connectivity index (χ4n) is 3.97. The van der Waals surface area contributed by atoms with Crippen LogP contribution in [0.3, 0.4) is 0 Å². The number of benzene rings is 1. The number of hydrogen-bond donors (Lipinski definition) is 1. The molecule has 3 rings (SSSR count). The van der Waals surface area contributed by atoms with Gasteiger partial charge in [0.25, 0.3) is 5.69 Å². The molecule has 2 aliphatic rings. The van der Waals surface area contributed by atoms with Crippen molar-refractivity contribution in [2.75, 3.05) is 0 Å². The quantitative estimate of drug-likeness (QED) is 0.680. The van der Waals surface area contributed by atoms with Crippen LogP contribution in [0.15, 0.2) is 24.3 Å². The van der Waals surface area contributed by atoms with E-state index in [1.807, 2.05) is 13.0 Å². The maximum Gasteiger partial charge on any atom is 0.308 e. The van der Waals surface area contributed by atoms with Crippen molar-refractivity contribution in [3.05, 3.63) is 39.9 Å². The summed E-state index contributed by atoms with van der Waals surface area (Å²) in [6, 6.07) is 6.99. The van der Waals surface area contributed by atoms with Crippen LogP contribution in [-0.4, -0.2) is 33.0 Å². The maximum atomic E-state index is 11.3. The highest BCUT2D eigenvalue weighted by Gasteiger charge is 2.50. The van der Waals surface area contributed by atoms with Crippen molar-refractivity contribution in [1.82, 2.24) is 4.90 Å². The van der Waals surface area contributed by atoms with E-state index < -0.39 is 10.9 Å². The molecule has 0 aromatic heterocycles. The Morgan fingerprint density at radius 2 is 2.24 bits per heavy atom. The molecule has 2 saturated heterocycles. The monoisotopic (exact) mass is 290 g/mol. The zero-order chi connectivity index (χ0) is 15.1. The van der Waals surface area contributed by atoms with Crippen LogP contribution in [-0.2, 0) is 4.79 Å². The predicted molar refractivity (Wildman–Crippen MR) is 75.9 cm³/mol. The lowest BCUT2D eigenvalue weighted by Gasteiger charge is -2.30. The van der Waals surface area contributed by atoms with Crippen molar-refractivity contribution in [3.63, 3.8) is 0 Å². The average molecular weight is 290 g/mol. The molecular weight excluding hydrogens is 272 g/mol. The maximum absolute atomic E-state index is 11.3. The molecule has 2 heterocycles. The Labute approximate surface area is 122 Å². The van der Waals surface area contributed by atoms with Crippen LogP contribution in [0.5, 0.6) is 0 Å². The molecule has 2 bridgehead atoms. The molecule has 0 spiro atoms. The first-order chi connectivity index (χ1) is 9.99. The summed E-state index contributed by atoms with van der Waals surface area (Å²) in [5, 5.41) is 20.2. The highest BCUT2D eigenvalue weighted by molar-refractivity contribution is 5.71. The Morgan fingerprint density at radius 3 is 2.86 bits per heavy atom. The van der Waals surface area contributed by atoms with Crippen LogP contribution < -0.4 is 0 Å². The molecule has 0 radical (unpaired) electrons. The molecule has 1 aromatic rings. The topological polar surface area (TPSA) is 83.7 Å². The van der Waals surface area contributed by atoms with Gasteiger partial charge in [-0.2, -0.15) is 0 Å². The largest absolute Gasteiger partial charge is 0.481 e. The Balaban J connectivity index is 1.86. The molecule has 4 atom stereocenters. The second-order valence-corrected chi connectivity index (χ2v) is 5.95. The number of aliphatic carboxylic acids is 1. The summed E-state index contributed by atoms with van der Waals surface area (Å²) < 4.78 is 0. The third-order valence-electron chi connectivity index (χ3n) is 4.92. The van der Waals surface area contributed by atoms with E-state index in [0.29, 0.717) is 6.42 Å². The minimum Gasteiger partial charge on any atom is -0.481 e. The molecular formula is C15H18N2O4. The first-order valence-electron chi connectivity index (χ1n) is 7.23. The standard InChI is InChI=1S/C15H18N2O4/c1-9(10-3-2-4-12(7-10)17(20)21)16-11-5-6-14(16)13(8-11)15(18)19/h2-4,7,9,11,13-14H,5-6,8H2,1H3,(H,18,19). The molecule has 6 nitrogen and oxygen atoms in total. The summed E-state index contributed by atoms with van der Waals surface area (Å²) in [4.78, 5) is 24.1. The van der Waals surface area contributed by atoms with Crippen LogP contribution >= 0.6 is 0 Å². The van der Waals surface area contributed by atoms with Crippen molar-refractivity contribution >= 4 is 11.7 Å². The van der Waals surface area contributed by atoms with Gasteiger partial charge in [0.1, 0.15) is 0 Å². The van der Waals surface area contributed by atoms with Gasteiger partial charge in [0.2, 0.25) is 0 Å².